The average Bonchev–Trinajstić information content (AvgIpc) is 3.42. The van der Waals surface area contributed by atoms with Crippen LogP contribution in [0.2, 0.25) is 0 Å². The number of ether oxygens (including phenoxy) is 2. The molecule has 2 aromatic carbocycles. The Balaban J connectivity index is 1.07. The van der Waals surface area contributed by atoms with Gasteiger partial charge in [-0.15, -0.1) is 0 Å². The molecule has 4 aromatic rings. The number of hydrogen-bond acceptors (Lipinski definition) is 12. The lowest BCUT2D eigenvalue weighted by molar-refractivity contribution is -0.129. The van der Waals surface area contributed by atoms with E-state index >= 15 is 0 Å². The molecule has 0 spiro atoms. The first-order valence-corrected chi connectivity index (χ1v) is 18.8. The van der Waals surface area contributed by atoms with E-state index in [4.69, 9.17) is 9.47 Å². The van der Waals surface area contributed by atoms with Crippen molar-refractivity contribution in [3.05, 3.63) is 119 Å². The minimum Gasteiger partial charge on any atom is -0.490 e. The van der Waals surface area contributed by atoms with Crippen LogP contribution in [0.4, 0.5) is 4.79 Å². The lowest BCUT2D eigenvalue weighted by Gasteiger charge is -2.22. The molecule has 3 amide bonds. The Morgan fingerprint density at radius 1 is 0.868 bits per heavy atom. The molecule has 5 rings (SSSR count). The normalized spacial score (nSPS) is 17.1. The summed E-state index contributed by atoms with van der Waals surface area (Å²) in [6, 6.07) is 21.5. The minimum atomic E-state index is -1.00. The highest BCUT2D eigenvalue weighted by Gasteiger charge is 2.43. The zero-order chi connectivity index (χ0) is 38.0. The molecule has 4 unspecified atom stereocenters. The van der Waals surface area contributed by atoms with E-state index in [2.05, 4.69) is 15.3 Å². The Hall–Kier alpha value is -4.76. The van der Waals surface area contributed by atoms with E-state index in [1.807, 2.05) is 37.3 Å². The lowest BCUT2D eigenvalue weighted by Crippen LogP contribution is -2.35. The molecule has 3 heterocycles. The first kappa shape index (κ1) is 39.4. The molecule has 4 atom stereocenters. The van der Waals surface area contributed by atoms with Gasteiger partial charge in [0.2, 0.25) is 11.8 Å². The van der Waals surface area contributed by atoms with Gasteiger partial charge in [0.15, 0.2) is 5.62 Å². The van der Waals surface area contributed by atoms with Crippen LogP contribution in [0.1, 0.15) is 59.7 Å². The predicted molar refractivity (Wildman–Crippen MR) is 203 cm³/mol. The zero-order valence-corrected chi connectivity index (χ0v) is 31.3. The fourth-order valence-electron chi connectivity index (χ4n) is 5.59. The summed E-state index contributed by atoms with van der Waals surface area (Å²) in [7, 11) is 1.66. The smallest absolute Gasteiger partial charge is 0.286 e. The van der Waals surface area contributed by atoms with Crippen molar-refractivity contribution in [3.8, 4) is 11.5 Å². The Bertz CT molecular complexity index is 1860. The van der Waals surface area contributed by atoms with Crippen LogP contribution < -0.4 is 14.8 Å². The van der Waals surface area contributed by atoms with E-state index in [1.54, 1.807) is 68.8 Å². The Morgan fingerprint density at radius 2 is 1.40 bits per heavy atom. The molecule has 2 aromatic heterocycles. The van der Waals surface area contributed by atoms with Gasteiger partial charge in [-0.2, -0.15) is 0 Å². The van der Waals surface area contributed by atoms with Gasteiger partial charge in [0.25, 0.3) is 5.24 Å². The SMILES string of the molecule is CCc1ccc(C(O)COc2ccc(CC(SC=O)C(=O)N(C)Cc3ccc(C(O)COc4ccc(CC5(C)SC(=O)NC5=O)cc4)nc3)cc2)nc1. The van der Waals surface area contributed by atoms with Gasteiger partial charge in [0.1, 0.15) is 41.7 Å². The fourth-order valence-corrected chi connectivity index (χ4v) is 7.25. The number of pyridine rings is 2. The summed E-state index contributed by atoms with van der Waals surface area (Å²) in [4.78, 5) is 58.8. The van der Waals surface area contributed by atoms with Crippen molar-refractivity contribution in [2.45, 2.75) is 61.9 Å². The molecule has 1 fully saturated rings. The summed E-state index contributed by atoms with van der Waals surface area (Å²) in [6.45, 7) is 4.02. The van der Waals surface area contributed by atoms with Gasteiger partial charge in [0, 0.05) is 26.0 Å². The molecular weight excluding hydrogens is 717 g/mol. The second-order valence-electron chi connectivity index (χ2n) is 12.8. The molecule has 1 saturated heterocycles. The summed E-state index contributed by atoms with van der Waals surface area (Å²) in [5.41, 5.74) is 5.15. The molecular formula is C39H42N4O8S2. The average molecular weight is 759 g/mol. The molecule has 1 aliphatic rings. The Kier molecular flexibility index (Phi) is 13.6. The van der Waals surface area contributed by atoms with E-state index in [1.165, 1.54) is 4.90 Å². The number of thioether (sulfide) groups is 2. The van der Waals surface area contributed by atoms with E-state index in [0.717, 1.165) is 52.2 Å². The molecule has 0 radical (unpaired) electrons. The number of nitrogens with one attached hydrogen (secondary N) is 1. The van der Waals surface area contributed by atoms with Crippen molar-refractivity contribution in [1.82, 2.24) is 20.2 Å². The summed E-state index contributed by atoms with van der Waals surface area (Å²) in [5.74, 6) is 0.566. The number of carbonyl (C=O) groups excluding carboxylic acids is 4. The highest BCUT2D eigenvalue weighted by atomic mass is 32.2. The maximum absolute atomic E-state index is 13.4. The summed E-state index contributed by atoms with van der Waals surface area (Å²) < 4.78 is 10.6. The third kappa shape index (κ3) is 10.9. The maximum atomic E-state index is 13.4. The monoisotopic (exact) mass is 758 g/mol. The quantitative estimate of drug-likeness (QED) is 0.116. The largest absolute Gasteiger partial charge is 0.490 e. The van der Waals surface area contributed by atoms with Crippen molar-refractivity contribution >= 4 is 46.2 Å². The summed E-state index contributed by atoms with van der Waals surface area (Å²) in [6.07, 6.45) is 3.04. The van der Waals surface area contributed by atoms with Gasteiger partial charge in [-0.05, 0) is 96.6 Å². The molecule has 12 nitrogen and oxygen atoms in total. The van der Waals surface area contributed by atoms with Crippen LogP contribution in [0.15, 0.2) is 85.2 Å². The summed E-state index contributed by atoms with van der Waals surface area (Å²) in [5, 5.41) is 22.5. The van der Waals surface area contributed by atoms with Crippen molar-refractivity contribution in [3.63, 3.8) is 0 Å². The Labute approximate surface area is 316 Å². The van der Waals surface area contributed by atoms with E-state index in [-0.39, 0.29) is 36.8 Å². The molecule has 0 saturated carbocycles. The number of aryl methyl sites for hydroxylation is 1. The molecule has 14 heteroatoms. The first-order chi connectivity index (χ1) is 25.5. The molecule has 278 valence electrons. The zero-order valence-electron chi connectivity index (χ0n) is 29.6. The van der Waals surface area contributed by atoms with Gasteiger partial charge in [0.05, 0.1) is 16.6 Å². The maximum Gasteiger partial charge on any atom is 0.286 e. The van der Waals surface area contributed by atoms with Crippen LogP contribution >= 0.6 is 23.5 Å². The van der Waals surface area contributed by atoms with Crippen LogP contribution in [0.25, 0.3) is 0 Å². The number of hydrogen-bond donors (Lipinski definition) is 3. The number of aliphatic hydroxyl groups is 2. The van der Waals surface area contributed by atoms with Crippen LogP contribution in [0.3, 0.4) is 0 Å². The minimum absolute atomic E-state index is 0.0386. The van der Waals surface area contributed by atoms with Gasteiger partial charge < -0.3 is 24.6 Å². The summed E-state index contributed by atoms with van der Waals surface area (Å²) >= 11 is 1.90. The van der Waals surface area contributed by atoms with Crippen LogP contribution in [-0.4, -0.2) is 78.0 Å². The van der Waals surface area contributed by atoms with Gasteiger partial charge in [-0.25, -0.2) is 0 Å². The fraction of sp³-hybridized carbons (Fsp3) is 0.333. The number of nitrogens with zero attached hydrogens (tertiary/aromatic N) is 3. The molecule has 1 aliphatic heterocycles. The van der Waals surface area contributed by atoms with Crippen molar-refractivity contribution in [1.29, 1.82) is 0 Å². The van der Waals surface area contributed by atoms with Gasteiger partial charge >= 0.3 is 0 Å². The Morgan fingerprint density at radius 3 is 1.87 bits per heavy atom. The second-order valence-corrected chi connectivity index (χ2v) is 15.4. The highest BCUT2D eigenvalue weighted by molar-refractivity contribution is 8.16. The molecule has 0 aliphatic carbocycles. The number of amides is 3. The van der Waals surface area contributed by atoms with E-state index < -0.39 is 22.2 Å². The number of aliphatic hydroxyl groups excluding tert-OH is 2. The predicted octanol–water partition coefficient (Wildman–Crippen LogP) is 5.04. The topological polar surface area (TPSA) is 168 Å². The van der Waals surface area contributed by atoms with Gasteiger partial charge in [-0.3, -0.25) is 34.5 Å². The number of aromatic nitrogens is 2. The molecule has 53 heavy (non-hydrogen) atoms. The van der Waals surface area contributed by atoms with Crippen LogP contribution in [0.5, 0.6) is 11.5 Å². The van der Waals surface area contributed by atoms with Crippen molar-refractivity contribution < 1.29 is 38.9 Å². The number of rotatable bonds is 18. The second kappa shape index (κ2) is 18.3. The van der Waals surface area contributed by atoms with Crippen LogP contribution in [-0.2, 0) is 40.2 Å². The third-order valence-electron chi connectivity index (χ3n) is 8.72. The molecule has 3 N–H and O–H groups in total. The van der Waals surface area contributed by atoms with E-state index in [9.17, 15) is 29.4 Å². The highest BCUT2D eigenvalue weighted by Crippen LogP contribution is 2.35. The third-order valence-corrected chi connectivity index (χ3v) is 10.6. The van der Waals surface area contributed by atoms with Crippen LogP contribution in [0, 0.1) is 0 Å². The number of imide groups is 1. The van der Waals surface area contributed by atoms with Crippen molar-refractivity contribution in [2.24, 2.45) is 0 Å². The molecule has 0 bridgehead atoms. The lowest BCUT2D eigenvalue weighted by atomic mass is 9.99. The van der Waals surface area contributed by atoms with E-state index in [0.29, 0.717) is 41.3 Å². The van der Waals surface area contributed by atoms with Crippen molar-refractivity contribution in [2.75, 3.05) is 20.3 Å². The first-order valence-electron chi connectivity index (χ1n) is 17.0. The standard InChI is InChI=1S/C39H42N4O8S2/c1-4-25-9-15-31(40-19-25)33(45)22-50-29-11-5-26(6-12-29)17-35(52-24-44)36(47)43(3)21-28-10-16-32(41-20-28)34(46)23-51-30-13-7-27(8-14-30)18-39(2)37(48)42-38(49)53-39/h5-16,19-20,24,33-35,45-46H,4,17-18,21-23H2,1-3H3,(H,42,48,49). The van der Waals surface area contributed by atoms with Gasteiger partial charge in [-0.1, -0.05) is 55.1 Å². The number of benzene rings is 2. The number of carbonyl (C=O) groups is 4.